The second-order valence-electron chi connectivity index (χ2n) is 8.63. The number of hydrogen-bond acceptors (Lipinski definition) is 5. The summed E-state index contributed by atoms with van der Waals surface area (Å²) in [6.45, 7) is 5.06. The minimum absolute atomic E-state index is 0.0513. The van der Waals surface area contributed by atoms with E-state index in [4.69, 9.17) is 18.9 Å². The Morgan fingerprint density at radius 3 is 2.13 bits per heavy atom. The maximum Gasteiger partial charge on any atom is 0.305 e. The van der Waals surface area contributed by atoms with Crippen molar-refractivity contribution >= 4 is 5.97 Å². The van der Waals surface area contributed by atoms with E-state index >= 15 is 0 Å². The second-order valence-corrected chi connectivity index (χ2v) is 8.63. The summed E-state index contributed by atoms with van der Waals surface area (Å²) in [7, 11) is 1.42. The number of carbonyl (C=O) groups excluding carboxylic acids is 1. The molecule has 3 aromatic rings. The van der Waals surface area contributed by atoms with Crippen LogP contribution < -0.4 is 9.47 Å². The van der Waals surface area contributed by atoms with E-state index in [-0.39, 0.29) is 12.1 Å². The molecule has 0 fully saturated rings. The Kier molecular flexibility index (Phi) is 12.2. The molecule has 1 aliphatic rings. The number of benzene rings is 3. The Morgan fingerprint density at radius 1 is 0.816 bits per heavy atom. The monoisotopic (exact) mass is 514 g/mol. The first-order valence-corrected chi connectivity index (χ1v) is 13.3. The Balaban J connectivity index is 0.00000195. The third kappa shape index (κ3) is 9.91. The molecule has 0 spiro atoms. The van der Waals surface area contributed by atoms with Crippen LogP contribution in [0, 0.1) is 0 Å². The minimum atomic E-state index is -0.182. The summed E-state index contributed by atoms with van der Waals surface area (Å²) < 4.78 is 22.6. The van der Waals surface area contributed by atoms with Crippen molar-refractivity contribution in [1.82, 2.24) is 0 Å². The van der Waals surface area contributed by atoms with Crippen molar-refractivity contribution in [3.63, 3.8) is 0 Å². The van der Waals surface area contributed by atoms with E-state index in [0.29, 0.717) is 26.1 Å². The Labute approximate surface area is 226 Å². The van der Waals surface area contributed by atoms with Crippen LogP contribution in [0.4, 0.5) is 0 Å². The molecule has 0 saturated carbocycles. The average molecular weight is 515 g/mol. The van der Waals surface area contributed by atoms with Crippen LogP contribution in [-0.2, 0) is 27.5 Å². The number of allylic oxidation sites excluding steroid dienone is 3. The zero-order valence-corrected chi connectivity index (χ0v) is 22.6. The summed E-state index contributed by atoms with van der Waals surface area (Å²) in [5, 5.41) is 0. The van der Waals surface area contributed by atoms with Crippen LogP contribution in [0.15, 0.2) is 103 Å². The summed E-state index contributed by atoms with van der Waals surface area (Å²) >= 11 is 0. The van der Waals surface area contributed by atoms with Gasteiger partial charge < -0.3 is 18.9 Å². The van der Waals surface area contributed by atoms with E-state index in [0.717, 1.165) is 46.8 Å². The number of carbonyl (C=O) groups is 1. The molecular weight excluding hydrogens is 476 g/mol. The predicted molar refractivity (Wildman–Crippen MR) is 151 cm³/mol. The SMILES string of the molecule is CC.COC(=O)CCC1=CCCC(OCc2ccc(Oc3ccc(OCc4ccccc4)cc3)cc2)C=C1. The standard InChI is InChI=1S/C31H32O5.C2H6/c1-33-31(32)21-13-24-8-5-9-27(14-10-24)34-23-26-11-15-29(16-12-26)36-30-19-17-28(18-20-30)35-22-25-6-3-2-4-7-25;1-2/h2-4,6-8,10-12,14-20,27H,5,9,13,21-23H2,1H3;1-2H3. The van der Waals surface area contributed by atoms with Crippen LogP contribution in [0.2, 0.25) is 0 Å². The number of methoxy groups -OCH3 is 1. The number of hydrogen-bond donors (Lipinski definition) is 0. The van der Waals surface area contributed by atoms with Crippen molar-refractivity contribution in [2.75, 3.05) is 7.11 Å². The van der Waals surface area contributed by atoms with Crippen LogP contribution in [0.25, 0.3) is 0 Å². The van der Waals surface area contributed by atoms with Crippen LogP contribution in [0.3, 0.4) is 0 Å². The zero-order chi connectivity index (χ0) is 27.0. The fourth-order valence-electron chi connectivity index (χ4n) is 3.84. The predicted octanol–water partition coefficient (Wildman–Crippen LogP) is 8.20. The van der Waals surface area contributed by atoms with Gasteiger partial charge in [0.15, 0.2) is 0 Å². The summed E-state index contributed by atoms with van der Waals surface area (Å²) in [5.74, 6) is 2.14. The number of esters is 1. The van der Waals surface area contributed by atoms with Crippen molar-refractivity contribution in [1.29, 1.82) is 0 Å². The van der Waals surface area contributed by atoms with Crippen LogP contribution in [0.1, 0.15) is 50.7 Å². The lowest BCUT2D eigenvalue weighted by molar-refractivity contribution is -0.140. The summed E-state index contributed by atoms with van der Waals surface area (Å²) in [5.41, 5.74) is 3.38. The highest BCUT2D eigenvalue weighted by molar-refractivity contribution is 5.69. The van der Waals surface area contributed by atoms with Crippen molar-refractivity contribution in [3.05, 3.63) is 114 Å². The Bertz CT molecular complexity index is 1150. The first-order valence-electron chi connectivity index (χ1n) is 13.3. The van der Waals surface area contributed by atoms with Gasteiger partial charge in [0, 0.05) is 6.42 Å². The lowest BCUT2D eigenvalue weighted by Gasteiger charge is -2.13. The van der Waals surface area contributed by atoms with Crippen LogP contribution >= 0.6 is 0 Å². The van der Waals surface area contributed by atoms with Crippen molar-refractivity contribution < 1.29 is 23.7 Å². The lowest BCUT2D eigenvalue weighted by atomic mass is 10.1. The van der Waals surface area contributed by atoms with Gasteiger partial charge in [-0.3, -0.25) is 4.79 Å². The molecule has 0 amide bonds. The Hall–Kier alpha value is -3.83. The first kappa shape index (κ1) is 28.7. The summed E-state index contributed by atoms with van der Waals surface area (Å²) in [6, 6.07) is 25.7. The molecule has 4 rings (SSSR count). The molecule has 0 aliphatic heterocycles. The van der Waals surface area contributed by atoms with Gasteiger partial charge in [0.2, 0.25) is 0 Å². The van der Waals surface area contributed by atoms with E-state index in [2.05, 4.69) is 18.2 Å². The van der Waals surface area contributed by atoms with Gasteiger partial charge in [-0.1, -0.05) is 80.1 Å². The summed E-state index contributed by atoms with van der Waals surface area (Å²) in [6.07, 6.45) is 9.32. The van der Waals surface area contributed by atoms with Gasteiger partial charge >= 0.3 is 5.97 Å². The van der Waals surface area contributed by atoms with Gasteiger partial charge in [0.1, 0.15) is 23.9 Å². The molecule has 3 aromatic carbocycles. The third-order valence-corrected chi connectivity index (χ3v) is 5.92. The van der Waals surface area contributed by atoms with Gasteiger partial charge in [-0.15, -0.1) is 0 Å². The molecule has 0 aromatic heterocycles. The normalized spacial score (nSPS) is 14.4. The zero-order valence-electron chi connectivity index (χ0n) is 22.6. The van der Waals surface area contributed by atoms with Crippen molar-refractivity contribution in [2.45, 2.75) is 58.8 Å². The van der Waals surface area contributed by atoms with E-state index in [1.165, 1.54) is 7.11 Å². The molecule has 5 nitrogen and oxygen atoms in total. The molecular formula is C33H38O5. The highest BCUT2D eigenvalue weighted by atomic mass is 16.5. The van der Waals surface area contributed by atoms with Gasteiger partial charge in [-0.05, 0) is 66.8 Å². The lowest BCUT2D eigenvalue weighted by Crippen LogP contribution is -2.08. The molecule has 5 heteroatoms. The third-order valence-electron chi connectivity index (χ3n) is 5.92. The van der Waals surface area contributed by atoms with Gasteiger partial charge in [-0.2, -0.15) is 0 Å². The van der Waals surface area contributed by atoms with Crippen molar-refractivity contribution in [2.24, 2.45) is 0 Å². The average Bonchev–Trinajstić information content (AvgIpc) is 3.22. The second kappa shape index (κ2) is 16.1. The molecule has 0 saturated heterocycles. The van der Waals surface area contributed by atoms with Gasteiger partial charge in [-0.25, -0.2) is 0 Å². The van der Waals surface area contributed by atoms with E-state index < -0.39 is 0 Å². The molecule has 200 valence electrons. The van der Waals surface area contributed by atoms with E-state index in [1.54, 1.807) is 0 Å². The van der Waals surface area contributed by atoms with Crippen molar-refractivity contribution in [3.8, 4) is 17.2 Å². The fraction of sp³-hybridized carbons (Fsp3) is 0.303. The molecule has 0 N–H and O–H groups in total. The molecule has 0 bridgehead atoms. The molecule has 0 radical (unpaired) electrons. The number of ether oxygens (including phenoxy) is 4. The maximum absolute atomic E-state index is 11.4. The highest BCUT2D eigenvalue weighted by Gasteiger charge is 2.10. The molecule has 1 unspecified atom stereocenters. The highest BCUT2D eigenvalue weighted by Crippen LogP contribution is 2.25. The summed E-state index contributed by atoms with van der Waals surface area (Å²) in [4.78, 5) is 11.4. The largest absolute Gasteiger partial charge is 0.489 e. The first-order chi connectivity index (χ1) is 18.7. The quantitative estimate of drug-likeness (QED) is 0.241. The van der Waals surface area contributed by atoms with E-state index in [1.807, 2.05) is 92.7 Å². The maximum atomic E-state index is 11.4. The molecule has 38 heavy (non-hydrogen) atoms. The molecule has 1 aliphatic carbocycles. The molecule has 0 heterocycles. The number of rotatable bonds is 11. The van der Waals surface area contributed by atoms with Crippen LogP contribution in [-0.4, -0.2) is 19.2 Å². The topological polar surface area (TPSA) is 54.0 Å². The van der Waals surface area contributed by atoms with Gasteiger partial charge in [0.05, 0.1) is 19.8 Å². The Morgan fingerprint density at radius 2 is 1.45 bits per heavy atom. The fourth-order valence-corrected chi connectivity index (χ4v) is 3.84. The molecule has 1 atom stereocenters. The van der Waals surface area contributed by atoms with Crippen LogP contribution in [0.5, 0.6) is 17.2 Å². The van der Waals surface area contributed by atoms with Gasteiger partial charge in [0.25, 0.3) is 0 Å². The minimum Gasteiger partial charge on any atom is -0.489 e. The van der Waals surface area contributed by atoms with E-state index in [9.17, 15) is 4.79 Å². The smallest absolute Gasteiger partial charge is 0.305 e.